The average Bonchev–Trinajstić information content (AvgIpc) is 3.06. The number of urea groups is 1. The van der Waals surface area contributed by atoms with Gasteiger partial charge in [0.25, 0.3) is 0 Å². The molecule has 2 N–H and O–H groups in total. The van der Waals surface area contributed by atoms with Crippen molar-refractivity contribution in [1.82, 2.24) is 15.1 Å². The molecular formula is C13H14N4O. The van der Waals surface area contributed by atoms with E-state index in [-0.39, 0.29) is 6.03 Å². The molecule has 0 unspecified atom stereocenters. The Bertz CT molecular complexity index is 545. The van der Waals surface area contributed by atoms with Crippen molar-refractivity contribution in [3.8, 4) is 5.69 Å². The van der Waals surface area contributed by atoms with Gasteiger partial charge >= 0.3 is 6.03 Å². The van der Waals surface area contributed by atoms with E-state index in [1.165, 1.54) is 0 Å². The van der Waals surface area contributed by atoms with Crippen molar-refractivity contribution in [1.29, 1.82) is 0 Å². The summed E-state index contributed by atoms with van der Waals surface area (Å²) in [6, 6.07) is 9.96. The number of para-hydroxylation sites is 1. The number of carbonyl (C=O) groups excluding carboxylic acids is 1. The average molecular weight is 242 g/mol. The molecule has 0 bridgehead atoms. The van der Waals surface area contributed by atoms with Gasteiger partial charge in [0.15, 0.2) is 0 Å². The number of nitrogens with zero attached hydrogens (tertiary/aromatic N) is 2. The van der Waals surface area contributed by atoms with Gasteiger partial charge < -0.3 is 10.6 Å². The number of aromatic nitrogens is 2. The Kier molecular flexibility index (Phi) is 2.72. The molecule has 0 saturated heterocycles. The minimum absolute atomic E-state index is 0.162. The summed E-state index contributed by atoms with van der Waals surface area (Å²) >= 11 is 0. The molecule has 18 heavy (non-hydrogen) atoms. The normalized spacial score (nSPS) is 14.2. The first-order valence-corrected chi connectivity index (χ1v) is 5.99. The second kappa shape index (κ2) is 4.52. The number of nitrogens with one attached hydrogen (secondary N) is 2. The molecule has 5 nitrogen and oxygen atoms in total. The van der Waals surface area contributed by atoms with Crippen molar-refractivity contribution in [2.24, 2.45) is 0 Å². The zero-order valence-corrected chi connectivity index (χ0v) is 9.84. The molecule has 0 radical (unpaired) electrons. The highest BCUT2D eigenvalue weighted by Gasteiger charge is 2.23. The molecule has 0 aliphatic heterocycles. The first kappa shape index (κ1) is 10.8. The summed E-state index contributed by atoms with van der Waals surface area (Å²) in [5.74, 6) is 0. The van der Waals surface area contributed by atoms with E-state index in [1.807, 2.05) is 30.3 Å². The lowest BCUT2D eigenvalue weighted by molar-refractivity contribution is 0.251. The molecule has 1 saturated carbocycles. The monoisotopic (exact) mass is 242 g/mol. The number of carbonyl (C=O) groups is 1. The summed E-state index contributed by atoms with van der Waals surface area (Å²) < 4.78 is 1.73. The summed E-state index contributed by atoms with van der Waals surface area (Å²) in [6.07, 6.45) is 5.59. The highest BCUT2D eigenvalue weighted by Crippen LogP contribution is 2.19. The van der Waals surface area contributed by atoms with Gasteiger partial charge in [0, 0.05) is 6.04 Å². The van der Waals surface area contributed by atoms with E-state index in [9.17, 15) is 4.79 Å². The number of anilines is 1. The van der Waals surface area contributed by atoms with Gasteiger partial charge in [-0.15, -0.1) is 0 Å². The molecule has 1 fully saturated rings. The molecule has 0 atom stereocenters. The highest BCUT2D eigenvalue weighted by atomic mass is 16.2. The number of amides is 2. The predicted molar refractivity (Wildman–Crippen MR) is 68.7 cm³/mol. The Labute approximate surface area is 105 Å². The summed E-state index contributed by atoms with van der Waals surface area (Å²) in [6.45, 7) is 0. The SMILES string of the molecule is O=C(Nc1cnn(-c2ccccc2)c1)NC1CC1. The van der Waals surface area contributed by atoms with Crippen LogP contribution in [0, 0.1) is 0 Å². The molecule has 1 aliphatic carbocycles. The Balaban J connectivity index is 1.67. The highest BCUT2D eigenvalue weighted by molar-refractivity contribution is 5.89. The fourth-order valence-electron chi connectivity index (χ4n) is 1.69. The fourth-order valence-corrected chi connectivity index (χ4v) is 1.69. The summed E-state index contributed by atoms with van der Waals surface area (Å²) in [4.78, 5) is 11.5. The lowest BCUT2D eigenvalue weighted by Crippen LogP contribution is -2.30. The van der Waals surface area contributed by atoms with E-state index in [4.69, 9.17) is 0 Å². The Morgan fingerprint density at radius 1 is 1.28 bits per heavy atom. The first-order valence-electron chi connectivity index (χ1n) is 5.99. The Morgan fingerprint density at radius 2 is 2.06 bits per heavy atom. The van der Waals surface area contributed by atoms with Gasteiger partial charge in [-0.1, -0.05) is 18.2 Å². The van der Waals surface area contributed by atoms with Crippen LogP contribution in [0.2, 0.25) is 0 Å². The van der Waals surface area contributed by atoms with Crippen LogP contribution in [0.15, 0.2) is 42.7 Å². The minimum Gasteiger partial charge on any atom is -0.335 e. The van der Waals surface area contributed by atoms with Gasteiger partial charge in [0.1, 0.15) is 0 Å². The van der Waals surface area contributed by atoms with Gasteiger partial charge in [0.2, 0.25) is 0 Å². The largest absolute Gasteiger partial charge is 0.335 e. The van der Waals surface area contributed by atoms with Crippen molar-refractivity contribution in [3.63, 3.8) is 0 Å². The Hall–Kier alpha value is -2.30. The summed E-state index contributed by atoms with van der Waals surface area (Å²) in [7, 11) is 0. The quantitative estimate of drug-likeness (QED) is 0.866. The molecule has 2 amide bonds. The number of hydrogen-bond donors (Lipinski definition) is 2. The third-order valence-electron chi connectivity index (χ3n) is 2.77. The second-order valence-electron chi connectivity index (χ2n) is 4.38. The van der Waals surface area contributed by atoms with Crippen LogP contribution >= 0.6 is 0 Å². The molecule has 0 spiro atoms. The molecule has 1 aromatic carbocycles. The van der Waals surface area contributed by atoms with Crippen molar-refractivity contribution in [2.45, 2.75) is 18.9 Å². The maximum Gasteiger partial charge on any atom is 0.319 e. The number of hydrogen-bond acceptors (Lipinski definition) is 2. The molecular weight excluding hydrogens is 228 g/mol. The molecule has 3 rings (SSSR count). The van der Waals surface area contributed by atoms with E-state index in [0.717, 1.165) is 18.5 Å². The zero-order valence-electron chi connectivity index (χ0n) is 9.84. The van der Waals surface area contributed by atoms with Crippen LogP contribution in [0.1, 0.15) is 12.8 Å². The van der Waals surface area contributed by atoms with Crippen molar-refractivity contribution in [3.05, 3.63) is 42.7 Å². The maximum absolute atomic E-state index is 11.5. The fraction of sp³-hybridized carbons (Fsp3) is 0.231. The maximum atomic E-state index is 11.5. The van der Waals surface area contributed by atoms with E-state index in [2.05, 4.69) is 15.7 Å². The van der Waals surface area contributed by atoms with E-state index >= 15 is 0 Å². The lowest BCUT2D eigenvalue weighted by atomic mass is 10.3. The minimum atomic E-state index is -0.162. The van der Waals surface area contributed by atoms with Crippen LogP contribution in [0.4, 0.5) is 10.5 Å². The molecule has 2 aromatic rings. The molecule has 1 heterocycles. The number of benzene rings is 1. The molecule has 1 aromatic heterocycles. The summed E-state index contributed by atoms with van der Waals surface area (Å²) in [5, 5.41) is 9.84. The smallest absolute Gasteiger partial charge is 0.319 e. The van der Waals surface area contributed by atoms with E-state index in [0.29, 0.717) is 11.7 Å². The van der Waals surface area contributed by atoms with E-state index in [1.54, 1.807) is 17.1 Å². The third-order valence-corrected chi connectivity index (χ3v) is 2.77. The van der Waals surface area contributed by atoms with Gasteiger partial charge in [-0.25, -0.2) is 9.48 Å². The van der Waals surface area contributed by atoms with Crippen LogP contribution in [-0.4, -0.2) is 21.9 Å². The van der Waals surface area contributed by atoms with Gasteiger partial charge in [-0.05, 0) is 25.0 Å². The van der Waals surface area contributed by atoms with Gasteiger partial charge in [0.05, 0.1) is 23.8 Å². The lowest BCUT2D eigenvalue weighted by Gasteiger charge is -2.03. The molecule has 92 valence electrons. The third kappa shape index (κ3) is 2.51. The molecule has 1 aliphatic rings. The van der Waals surface area contributed by atoms with Crippen molar-refractivity contribution < 1.29 is 4.79 Å². The molecule has 5 heteroatoms. The second-order valence-corrected chi connectivity index (χ2v) is 4.38. The first-order chi connectivity index (χ1) is 8.81. The van der Waals surface area contributed by atoms with Crippen LogP contribution < -0.4 is 10.6 Å². The zero-order chi connectivity index (χ0) is 12.4. The van der Waals surface area contributed by atoms with E-state index < -0.39 is 0 Å². The number of rotatable bonds is 3. The predicted octanol–water partition coefficient (Wildman–Crippen LogP) is 2.16. The van der Waals surface area contributed by atoms with Gasteiger partial charge in [-0.3, -0.25) is 0 Å². The standard InChI is InChI=1S/C13H14N4O/c18-13(15-10-6-7-10)16-11-8-14-17(9-11)12-4-2-1-3-5-12/h1-5,8-10H,6-7H2,(H2,15,16,18). The van der Waals surface area contributed by atoms with Crippen molar-refractivity contribution >= 4 is 11.7 Å². The van der Waals surface area contributed by atoms with Crippen molar-refractivity contribution in [2.75, 3.05) is 5.32 Å². The Morgan fingerprint density at radius 3 is 2.78 bits per heavy atom. The topological polar surface area (TPSA) is 59.0 Å². The van der Waals surface area contributed by atoms with Crippen LogP contribution in [0.3, 0.4) is 0 Å². The van der Waals surface area contributed by atoms with Crippen LogP contribution in [0.25, 0.3) is 5.69 Å². The van der Waals surface area contributed by atoms with Crippen LogP contribution in [0.5, 0.6) is 0 Å². The van der Waals surface area contributed by atoms with Crippen LogP contribution in [-0.2, 0) is 0 Å². The summed E-state index contributed by atoms with van der Waals surface area (Å²) in [5.41, 5.74) is 1.66. The van der Waals surface area contributed by atoms with Gasteiger partial charge in [-0.2, -0.15) is 5.10 Å².